The minimum Gasteiger partial charge on any atom is -0.490 e. The lowest BCUT2D eigenvalue weighted by Gasteiger charge is -2.19. The summed E-state index contributed by atoms with van der Waals surface area (Å²) in [6, 6.07) is 13.9. The lowest BCUT2D eigenvalue weighted by Crippen LogP contribution is -2.12. The van der Waals surface area contributed by atoms with E-state index in [9.17, 15) is 0 Å². The zero-order chi connectivity index (χ0) is 16.2. The van der Waals surface area contributed by atoms with Crippen molar-refractivity contribution >= 4 is 5.69 Å². The summed E-state index contributed by atoms with van der Waals surface area (Å²) < 4.78 is 11.4. The van der Waals surface area contributed by atoms with Gasteiger partial charge in [-0.2, -0.15) is 0 Å². The van der Waals surface area contributed by atoms with Gasteiger partial charge in [-0.15, -0.1) is 0 Å². The molecule has 0 spiro atoms. The molecule has 0 aliphatic rings. The van der Waals surface area contributed by atoms with Gasteiger partial charge in [0.25, 0.3) is 0 Å². The third-order valence-corrected chi connectivity index (χ3v) is 3.56. The van der Waals surface area contributed by atoms with Crippen LogP contribution >= 0.6 is 0 Å². The standard InChI is InChI=1S/C19H25NO2/c1-14-12-17(8-9-18(14)20)22-11-10-21-16-7-5-6-15(13-16)19(2,3)4/h5-9,12-13H,10-11,20H2,1-4H3. The molecular weight excluding hydrogens is 274 g/mol. The van der Waals surface area contributed by atoms with E-state index in [0.717, 1.165) is 22.7 Å². The molecule has 0 unspecified atom stereocenters. The number of anilines is 1. The van der Waals surface area contributed by atoms with Gasteiger partial charge in [-0.25, -0.2) is 0 Å². The van der Waals surface area contributed by atoms with Gasteiger partial charge in [0.05, 0.1) is 0 Å². The van der Waals surface area contributed by atoms with Crippen molar-refractivity contribution in [1.29, 1.82) is 0 Å². The normalized spacial score (nSPS) is 11.3. The second-order valence-electron chi connectivity index (χ2n) is 6.49. The molecule has 0 amide bonds. The van der Waals surface area contributed by atoms with E-state index in [0.29, 0.717) is 13.2 Å². The average Bonchev–Trinajstić information content (AvgIpc) is 2.47. The molecule has 3 heteroatoms. The summed E-state index contributed by atoms with van der Waals surface area (Å²) in [5.41, 5.74) is 8.98. The van der Waals surface area contributed by atoms with Crippen molar-refractivity contribution in [1.82, 2.24) is 0 Å². The highest BCUT2D eigenvalue weighted by molar-refractivity contribution is 5.49. The lowest BCUT2D eigenvalue weighted by atomic mass is 9.87. The van der Waals surface area contributed by atoms with Crippen LogP contribution in [0.1, 0.15) is 31.9 Å². The van der Waals surface area contributed by atoms with Crippen molar-refractivity contribution in [2.24, 2.45) is 0 Å². The second-order valence-corrected chi connectivity index (χ2v) is 6.49. The fraction of sp³-hybridized carbons (Fsp3) is 0.368. The molecule has 118 valence electrons. The minimum absolute atomic E-state index is 0.122. The Balaban J connectivity index is 1.85. The number of hydrogen-bond donors (Lipinski definition) is 1. The van der Waals surface area contributed by atoms with Gasteiger partial charge in [0.2, 0.25) is 0 Å². The highest BCUT2D eigenvalue weighted by atomic mass is 16.5. The Bertz CT molecular complexity index is 630. The molecule has 0 atom stereocenters. The zero-order valence-electron chi connectivity index (χ0n) is 13.8. The van der Waals surface area contributed by atoms with Crippen molar-refractivity contribution in [3.63, 3.8) is 0 Å². The third kappa shape index (κ3) is 4.42. The monoisotopic (exact) mass is 299 g/mol. The number of rotatable bonds is 5. The Morgan fingerprint density at radius 3 is 2.14 bits per heavy atom. The summed E-state index contributed by atoms with van der Waals surface area (Å²) in [5.74, 6) is 1.70. The molecule has 0 saturated carbocycles. The summed E-state index contributed by atoms with van der Waals surface area (Å²) in [6.45, 7) is 9.56. The van der Waals surface area contributed by atoms with E-state index in [-0.39, 0.29) is 5.41 Å². The van der Waals surface area contributed by atoms with Crippen molar-refractivity contribution in [2.75, 3.05) is 18.9 Å². The topological polar surface area (TPSA) is 44.5 Å². The first kappa shape index (κ1) is 16.2. The first-order chi connectivity index (χ1) is 10.4. The van der Waals surface area contributed by atoms with Crippen LogP contribution in [0.15, 0.2) is 42.5 Å². The first-order valence-corrected chi connectivity index (χ1v) is 7.58. The van der Waals surface area contributed by atoms with Crippen LogP contribution in [0.2, 0.25) is 0 Å². The molecule has 0 saturated heterocycles. The minimum atomic E-state index is 0.122. The predicted molar refractivity (Wildman–Crippen MR) is 91.7 cm³/mol. The van der Waals surface area contributed by atoms with Gasteiger partial charge < -0.3 is 15.2 Å². The number of nitrogens with two attached hydrogens (primary N) is 1. The van der Waals surface area contributed by atoms with E-state index in [1.54, 1.807) is 0 Å². The van der Waals surface area contributed by atoms with Gasteiger partial charge in [-0.05, 0) is 53.8 Å². The molecule has 0 aliphatic heterocycles. The van der Waals surface area contributed by atoms with Crippen LogP contribution in [0.25, 0.3) is 0 Å². The highest BCUT2D eigenvalue weighted by Crippen LogP contribution is 2.25. The molecule has 0 heterocycles. The molecule has 2 N–H and O–H groups in total. The van der Waals surface area contributed by atoms with Crippen molar-refractivity contribution in [3.05, 3.63) is 53.6 Å². The van der Waals surface area contributed by atoms with Crippen LogP contribution in [0.4, 0.5) is 5.69 Å². The van der Waals surface area contributed by atoms with E-state index in [1.165, 1.54) is 5.56 Å². The molecule has 0 aromatic heterocycles. The Morgan fingerprint density at radius 1 is 0.909 bits per heavy atom. The van der Waals surface area contributed by atoms with Crippen LogP contribution in [0.3, 0.4) is 0 Å². The zero-order valence-corrected chi connectivity index (χ0v) is 13.8. The van der Waals surface area contributed by atoms with E-state index in [2.05, 4.69) is 32.9 Å². The molecule has 3 nitrogen and oxygen atoms in total. The summed E-state index contributed by atoms with van der Waals surface area (Å²) in [4.78, 5) is 0. The number of nitrogen functional groups attached to an aromatic ring is 1. The Morgan fingerprint density at radius 2 is 1.55 bits per heavy atom. The van der Waals surface area contributed by atoms with Crippen molar-refractivity contribution in [2.45, 2.75) is 33.1 Å². The molecule has 2 aromatic carbocycles. The number of ether oxygens (including phenoxy) is 2. The van der Waals surface area contributed by atoms with Gasteiger partial charge in [0, 0.05) is 5.69 Å². The number of aryl methyl sites for hydroxylation is 1. The van der Waals surface area contributed by atoms with Crippen LogP contribution in [-0.4, -0.2) is 13.2 Å². The predicted octanol–water partition coefficient (Wildman–Crippen LogP) is 4.33. The smallest absolute Gasteiger partial charge is 0.122 e. The van der Waals surface area contributed by atoms with Gasteiger partial charge >= 0.3 is 0 Å². The van der Waals surface area contributed by atoms with Crippen LogP contribution in [-0.2, 0) is 5.41 Å². The van der Waals surface area contributed by atoms with Gasteiger partial charge in [0.15, 0.2) is 0 Å². The fourth-order valence-electron chi connectivity index (χ4n) is 2.11. The summed E-state index contributed by atoms with van der Waals surface area (Å²) >= 11 is 0. The molecule has 0 aliphatic carbocycles. The van der Waals surface area contributed by atoms with E-state index < -0.39 is 0 Å². The maximum absolute atomic E-state index is 5.79. The molecule has 0 radical (unpaired) electrons. The van der Waals surface area contributed by atoms with Gasteiger partial charge in [0.1, 0.15) is 24.7 Å². The molecule has 2 rings (SSSR count). The second kappa shape index (κ2) is 6.73. The van der Waals surface area contributed by atoms with Crippen molar-refractivity contribution in [3.8, 4) is 11.5 Å². The quantitative estimate of drug-likeness (QED) is 0.660. The average molecular weight is 299 g/mol. The lowest BCUT2D eigenvalue weighted by molar-refractivity contribution is 0.217. The largest absolute Gasteiger partial charge is 0.490 e. The highest BCUT2D eigenvalue weighted by Gasteiger charge is 2.13. The number of benzene rings is 2. The summed E-state index contributed by atoms with van der Waals surface area (Å²) in [5, 5.41) is 0. The molecule has 0 bridgehead atoms. The van der Waals surface area contributed by atoms with Crippen LogP contribution in [0, 0.1) is 6.92 Å². The van der Waals surface area contributed by atoms with E-state index in [4.69, 9.17) is 15.2 Å². The Labute approximate surface area is 133 Å². The molecule has 0 fully saturated rings. The maximum Gasteiger partial charge on any atom is 0.122 e. The van der Waals surface area contributed by atoms with Crippen LogP contribution in [0.5, 0.6) is 11.5 Å². The maximum atomic E-state index is 5.79. The Hall–Kier alpha value is -2.16. The van der Waals surface area contributed by atoms with E-state index in [1.807, 2.05) is 37.3 Å². The van der Waals surface area contributed by atoms with E-state index >= 15 is 0 Å². The number of hydrogen-bond acceptors (Lipinski definition) is 3. The first-order valence-electron chi connectivity index (χ1n) is 7.58. The Kier molecular flexibility index (Phi) is 4.96. The molecule has 22 heavy (non-hydrogen) atoms. The molecule has 2 aromatic rings. The van der Waals surface area contributed by atoms with Gasteiger partial charge in [-0.1, -0.05) is 32.9 Å². The summed E-state index contributed by atoms with van der Waals surface area (Å²) in [6.07, 6.45) is 0. The third-order valence-electron chi connectivity index (χ3n) is 3.56. The SMILES string of the molecule is Cc1cc(OCCOc2cccc(C(C)(C)C)c2)ccc1N. The van der Waals surface area contributed by atoms with Gasteiger partial charge in [-0.3, -0.25) is 0 Å². The van der Waals surface area contributed by atoms with Crippen LogP contribution < -0.4 is 15.2 Å². The van der Waals surface area contributed by atoms with Crippen molar-refractivity contribution < 1.29 is 9.47 Å². The fourth-order valence-corrected chi connectivity index (χ4v) is 2.11. The molecular formula is C19H25NO2. The summed E-state index contributed by atoms with van der Waals surface area (Å²) in [7, 11) is 0.